The summed E-state index contributed by atoms with van der Waals surface area (Å²) in [4.78, 5) is 19.6. The van der Waals surface area contributed by atoms with Crippen molar-refractivity contribution in [2.75, 3.05) is 36.1 Å². The first-order chi connectivity index (χ1) is 18.6. The van der Waals surface area contributed by atoms with Gasteiger partial charge < -0.3 is 24.3 Å². The van der Waals surface area contributed by atoms with Crippen LogP contribution in [0.2, 0.25) is 0 Å². The fourth-order valence-electron chi connectivity index (χ4n) is 4.98. The molecular formula is C28H25N5O4S. The van der Waals surface area contributed by atoms with Crippen molar-refractivity contribution < 1.29 is 14.1 Å². The predicted octanol–water partition coefficient (Wildman–Crippen LogP) is 5.26. The number of benzene rings is 2. The van der Waals surface area contributed by atoms with Crippen molar-refractivity contribution in [2.45, 2.75) is 12.1 Å². The van der Waals surface area contributed by atoms with Crippen LogP contribution in [0.1, 0.15) is 23.5 Å². The Labute approximate surface area is 224 Å². The lowest BCUT2D eigenvalue weighted by molar-refractivity contribution is -0.384. The minimum Gasteiger partial charge on any atom is -0.459 e. The highest BCUT2D eigenvalue weighted by molar-refractivity contribution is 7.80. The number of aromatic nitrogens is 1. The number of nitrogens with one attached hydrogen (secondary N) is 1. The summed E-state index contributed by atoms with van der Waals surface area (Å²) < 4.78 is 11.8. The van der Waals surface area contributed by atoms with Crippen LogP contribution in [0.25, 0.3) is 11.3 Å². The second-order valence-electron chi connectivity index (χ2n) is 9.12. The van der Waals surface area contributed by atoms with Gasteiger partial charge in [0.1, 0.15) is 17.6 Å². The van der Waals surface area contributed by atoms with E-state index in [9.17, 15) is 10.1 Å². The first-order valence-corrected chi connectivity index (χ1v) is 12.8. The predicted molar refractivity (Wildman–Crippen MR) is 148 cm³/mol. The number of anilines is 2. The standard InChI is InChI=1S/C28H25N5O4S/c34-33(35)22-6-4-19(5-7-22)24-12-13-25(37-24)27-26(23-3-1-2-14-29-23)30-28(38)32(27)21-10-8-20(9-11-21)31-15-17-36-18-16-31/h1-14,26-27H,15-18H2,(H,30,38)/t26-,27+/m0/s1. The second-order valence-corrected chi connectivity index (χ2v) is 9.51. The number of nitrogens with zero attached hydrogens (tertiary/aromatic N) is 4. The Balaban J connectivity index is 1.35. The van der Waals surface area contributed by atoms with Crippen molar-refractivity contribution in [2.24, 2.45) is 0 Å². The van der Waals surface area contributed by atoms with Crippen LogP contribution in [0.4, 0.5) is 17.1 Å². The molecule has 6 rings (SSSR count). The van der Waals surface area contributed by atoms with Crippen LogP contribution in [-0.4, -0.2) is 41.3 Å². The van der Waals surface area contributed by atoms with E-state index in [0.29, 0.717) is 16.6 Å². The van der Waals surface area contributed by atoms with Crippen molar-refractivity contribution in [3.8, 4) is 11.3 Å². The van der Waals surface area contributed by atoms with E-state index >= 15 is 0 Å². The molecule has 2 aliphatic heterocycles. The molecule has 192 valence electrons. The van der Waals surface area contributed by atoms with Crippen molar-refractivity contribution in [3.05, 3.63) is 107 Å². The van der Waals surface area contributed by atoms with E-state index in [-0.39, 0.29) is 17.8 Å². The fraction of sp³-hybridized carbons (Fsp3) is 0.214. The topological polar surface area (TPSA) is 96.9 Å². The van der Waals surface area contributed by atoms with Gasteiger partial charge in [-0.15, -0.1) is 0 Å². The summed E-state index contributed by atoms with van der Waals surface area (Å²) in [6.07, 6.45) is 1.77. The van der Waals surface area contributed by atoms with Gasteiger partial charge >= 0.3 is 0 Å². The number of hydrogen-bond donors (Lipinski definition) is 1. The number of furan rings is 1. The maximum Gasteiger partial charge on any atom is 0.269 e. The van der Waals surface area contributed by atoms with Crippen LogP contribution >= 0.6 is 12.2 Å². The van der Waals surface area contributed by atoms with E-state index in [1.807, 2.05) is 30.3 Å². The summed E-state index contributed by atoms with van der Waals surface area (Å²) in [6, 6.07) is 23.8. The van der Waals surface area contributed by atoms with Crippen LogP contribution in [0.15, 0.2) is 89.5 Å². The van der Waals surface area contributed by atoms with Gasteiger partial charge in [-0.1, -0.05) is 6.07 Å². The molecule has 2 aliphatic rings. The quantitative estimate of drug-likeness (QED) is 0.204. The first-order valence-electron chi connectivity index (χ1n) is 12.4. The van der Waals surface area contributed by atoms with Gasteiger partial charge in [-0.3, -0.25) is 15.1 Å². The summed E-state index contributed by atoms with van der Waals surface area (Å²) in [5.74, 6) is 1.33. The van der Waals surface area contributed by atoms with Gasteiger partial charge in [0.15, 0.2) is 5.11 Å². The monoisotopic (exact) mass is 527 g/mol. The summed E-state index contributed by atoms with van der Waals surface area (Å²) in [5.41, 5.74) is 3.72. The van der Waals surface area contributed by atoms with Crippen LogP contribution in [0.3, 0.4) is 0 Å². The van der Waals surface area contributed by atoms with Gasteiger partial charge in [0.05, 0.1) is 29.9 Å². The molecule has 1 N–H and O–H groups in total. The number of morpholine rings is 1. The smallest absolute Gasteiger partial charge is 0.269 e. The third kappa shape index (κ3) is 4.59. The lowest BCUT2D eigenvalue weighted by Gasteiger charge is -2.30. The minimum atomic E-state index is -0.415. The maximum atomic E-state index is 11.1. The highest BCUT2D eigenvalue weighted by atomic mass is 32.1. The lowest BCUT2D eigenvalue weighted by atomic mass is 10.0. The highest BCUT2D eigenvalue weighted by Crippen LogP contribution is 2.43. The molecule has 0 unspecified atom stereocenters. The third-order valence-electron chi connectivity index (χ3n) is 6.88. The molecule has 0 aliphatic carbocycles. The van der Waals surface area contributed by atoms with Gasteiger partial charge in [-0.25, -0.2) is 0 Å². The molecule has 10 heteroatoms. The van der Waals surface area contributed by atoms with E-state index in [1.54, 1.807) is 18.3 Å². The van der Waals surface area contributed by atoms with E-state index in [0.717, 1.165) is 48.9 Å². The molecule has 0 bridgehead atoms. The Morgan fingerprint density at radius 2 is 1.68 bits per heavy atom. The van der Waals surface area contributed by atoms with Gasteiger partial charge in [-0.05, 0) is 72.9 Å². The molecule has 2 aromatic carbocycles. The summed E-state index contributed by atoms with van der Waals surface area (Å²) in [5, 5.41) is 15.1. The largest absolute Gasteiger partial charge is 0.459 e. The molecule has 0 spiro atoms. The van der Waals surface area contributed by atoms with Crippen molar-refractivity contribution >= 4 is 34.4 Å². The van der Waals surface area contributed by atoms with Crippen molar-refractivity contribution in [1.82, 2.24) is 10.3 Å². The first kappa shape index (κ1) is 24.1. The highest BCUT2D eigenvalue weighted by Gasteiger charge is 2.42. The van der Waals surface area contributed by atoms with Gasteiger partial charge in [0.2, 0.25) is 0 Å². The van der Waals surface area contributed by atoms with Crippen LogP contribution < -0.4 is 15.1 Å². The summed E-state index contributed by atoms with van der Waals surface area (Å²) in [6.45, 7) is 3.19. The van der Waals surface area contributed by atoms with Crippen LogP contribution in [0, 0.1) is 10.1 Å². The lowest BCUT2D eigenvalue weighted by Crippen LogP contribution is -2.36. The summed E-state index contributed by atoms with van der Waals surface area (Å²) in [7, 11) is 0. The molecule has 0 amide bonds. The number of rotatable bonds is 6. The van der Waals surface area contributed by atoms with Crippen molar-refractivity contribution in [3.63, 3.8) is 0 Å². The van der Waals surface area contributed by atoms with Crippen LogP contribution in [0.5, 0.6) is 0 Å². The Morgan fingerprint density at radius 1 is 0.947 bits per heavy atom. The number of non-ortho nitro benzene ring substituents is 1. The number of hydrogen-bond acceptors (Lipinski definition) is 7. The fourth-order valence-corrected chi connectivity index (χ4v) is 5.33. The van der Waals surface area contributed by atoms with E-state index in [2.05, 4.69) is 44.4 Å². The van der Waals surface area contributed by atoms with Gasteiger partial charge in [-0.2, -0.15) is 0 Å². The normalized spacial score (nSPS) is 19.4. The SMILES string of the molecule is O=[N+]([O-])c1ccc(-c2ccc([C@@H]3[C@H](c4ccccn4)NC(=S)N3c3ccc(N4CCOCC4)cc3)o2)cc1. The van der Waals surface area contributed by atoms with Gasteiger partial charge in [0, 0.05) is 48.4 Å². The van der Waals surface area contributed by atoms with E-state index < -0.39 is 4.92 Å². The Bertz CT molecular complexity index is 1440. The molecule has 4 heterocycles. The Morgan fingerprint density at radius 3 is 2.37 bits per heavy atom. The number of nitro groups is 1. The van der Waals surface area contributed by atoms with Gasteiger partial charge in [0.25, 0.3) is 5.69 Å². The second kappa shape index (κ2) is 10.2. The molecule has 2 atom stereocenters. The number of pyridine rings is 1. The molecule has 2 saturated heterocycles. The summed E-state index contributed by atoms with van der Waals surface area (Å²) >= 11 is 5.83. The zero-order chi connectivity index (χ0) is 26.1. The maximum absolute atomic E-state index is 11.1. The minimum absolute atomic E-state index is 0.0350. The Hall–Kier alpha value is -4.28. The zero-order valence-electron chi connectivity index (χ0n) is 20.4. The molecule has 9 nitrogen and oxygen atoms in total. The molecule has 2 fully saturated rings. The Kier molecular flexibility index (Phi) is 6.48. The molecule has 0 saturated carbocycles. The van der Waals surface area contributed by atoms with Crippen LogP contribution in [-0.2, 0) is 4.74 Å². The average molecular weight is 528 g/mol. The van der Waals surface area contributed by atoms with E-state index in [4.69, 9.17) is 21.4 Å². The third-order valence-corrected chi connectivity index (χ3v) is 7.20. The molecular weight excluding hydrogens is 502 g/mol. The average Bonchev–Trinajstić information content (AvgIpc) is 3.59. The molecule has 2 aromatic heterocycles. The number of ether oxygens (including phenoxy) is 1. The molecule has 4 aromatic rings. The number of thiocarbonyl (C=S) groups is 1. The number of nitro benzene ring substituents is 1. The van der Waals surface area contributed by atoms with E-state index in [1.165, 1.54) is 12.1 Å². The molecule has 38 heavy (non-hydrogen) atoms. The zero-order valence-corrected chi connectivity index (χ0v) is 21.2. The molecule has 0 radical (unpaired) electrons. The van der Waals surface area contributed by atoms with Crippen molar-refractivity contribution in [1.29, 1.82) is 0 Å².